The van der Waals surface area contributed by atoms with Gasteiger partial charge in [0.25, 0.3) is 5.91 Å². The van der Waals surface area contributed by atoms with Crippen LogP contribution in [0.1, 0.15) is 44.9 Å². The Bertz CT molecular complexity index is 714. The minimum Gasteiger partial charge on any atom is -0.400 e. The molecule has 0 radical (unpaired) electrons. The summed E-state index contributed by atoms with van der Waals surface area (Å²) in [6, 6.07) is -1.33. The molecule has 0 bridgehead atoms. The van der Waals surface area contributed by atoms with Gasteiger partial charge in [-0.15, -0.1) is 0 Å². The van der Waals surface area contributed by atoms with Crippen molar-refractivity contribution in [2.24, 2.45) is 11.5 Å². The Hall–Kier alpha value is -1.05. The second-order valence-electron chi connectivity index (χ2n) is 10.4. The van der Waals surface area contributed by atoms with Crippen LogP contribution in [-0.2, 0) is 19.0 Å². The number of aliphatic hydroxyl groups excluding tert-OH is 6. The van der Waals surface area contributed by atoms with Gasteiger partial charge in [-0.2, -0.15) is 0 Å². The number of rotatable bonds is 8. The molecule has 2 aliphatic carbocycles. The van der Waals surface area contributed by atoms with Crippen LogP contribution in [0.2, 0.25) is 0 Å². The van der Waals surface area contributed by atoms with Crippen LogP contribution < -0.4 is 22.1 Å². The minimum absolute atomic E-state index is 0.00205. The maximum atomic E-state index is 12.1. The van der Waals surface area contributed by atoms with E-state index in [1.165, 1.54) is 0 Å². The zero-order chi connectivity index (χ0) is 29.2. The molecule has 39 heavy (non-hydrogen) atoms. The lowest BCUT2D eigenvalue weighted by atomic mass is 9.86. The zero-order valence-corrected chi connectivity index (χ0v) is 22.5. The Morgan fingerprint density at radius 2 is 1.77 bits per heavy atom. The van der Waals surface area contributed by atoms with Gasteiger partial charge in [0.15, 0.2) is 18.2 Å². The van der Waals surface area contributed by atoms with Gasteiger partial charge >= 0.3 is 0 Å². The van der Waals surface area contributed by atoms with E-state index in [0.29, 0.717) is 25.9 Å². The second-order valence-corrected chi connectivity index (χ2v) is 10.4. The van der Waals surface area contributed by atoms with Crippen molar-refractivity contribution in [1.82, 2.24) is 10.6 Å². The number of hydrogen-bond acceptors (Lipinski definition) is 14. The van der Waals surface area contributed by atoms with E-state index < -0.39 is 60.6 Å². The fourth-order valence-corrected chi connectivity index (χ4v) is 4.84. The molecular formula is C24H48N4O11. The first kappa shape index (κ1) is 34.2. The van der Waals surface area contributed by atoms with Gasteiger partial charge in [-0.1, -0.05) is 0 Å². The highest BCUT2D eigenvalue weighted by Crippen LogP contribution is 2.35. The monoisotopic (exact) mass is 568 g/mol. The number of carbonyl (C=O) groups is 1. The fourth-order valence-electron chi connectivity index (χ4n) is 4.84. The molecule has 2 heterocycles. The van der Waals surface area contributed by atoms with Crippen LogP contribution >= 0.6 is 0 Å². The van der Waals surface area contributed by atoms with Gasteiger partial charge in [0.2, 0.25) is 0 Å². The molecule has 0 aromatic rings. The van der Waals surface area contributed by atoms with Gasteiger partial charge in [-0.25, -0.2) is 0 Å². The molecule has 15 nitrogen and oxygen atoms in total. The molecule has 0 aromatic heterocycles. The third-order valence-corrected chi connectivity index (χ3v) is 7.18. The van der Waals surface area contributed by atoms with E-state index in [0.717, 1.165) is 26.4 Å². The number of carbonyl (C=O) groups excluding carboxylic acids is 1. The summed E-state index contributed by atoms with van der Waals surface area (Å²) < 4.78 is 16.5. The summed E-state index contributed by atoms with van der Waals surface area (Å²) in [6.45, 7) is 1.35. The van der Waals surface area contributed by atoms with Crippen LogP contribution in [0.4, 0.5) is 0 Å². The molecule has 2 saturated heterocycles. The van der Waals surface area contributed by atoms with Gasteiger partial charge < -0.3 is 72.1 Å². The molecule has 2 aliphatic heterocycles. The number of nitrogens with two attached hydrogens (primary N) is 2. The minimum atomic E-state index is -1.49. The average molecular weight is 569 g/mol. The Labute approximate surface area is 228 Å². The van der Waals surface area contributed by atoms with Gasteiger partial charge in [-0.05, 0) is 32.1 Å². The predicted molar refractivity (Wildman–Crippen MR) is 137 cm³/mol. The van der Waals surface area contributed by atoms with Crippen molar-refractivity contribution in [3.63, 3.8) is 0 Å². The van der Waals surface area contributed by atoms with Crippen molar-refractivity contribution in [2.75, 3.05) is 33.4 Å². The number of aliphatic hydroxyl groups is 7. The van der Waals surface area contributed by atoms with Crippen molar-refractivity contribution in [3.8, 4) is 0 Å². The molecular weight excluding hydrogens is 520 g/mol. The van der Waals surface area contributed by atoms with E-state index in [1.54, 1.807) is 0 Å². The number of ether oxygens (including phenoxy) is 3. The molecule has 230 valence electrons. The summed E-state index contributed by atoms with van der Waals surface area (Å²) >= 11 is 0. The van der Waals surface area contributed by atoms with Crippen LogP contribution in [0.5, 0.6) is 0 Å². The van der Waals surface area contributed by atoms with Crippen molar-refractivity contribution in [2.45, 2.75) is 112 Å². The highest BCUT2D eigenvalue weighted by atomic mass is 16.7. The van der Waals surface area contributed by atoms with Crippen molar-refractivity contribution >= 4 is 5.91 Å². The number of nitrogens with one attached hydrogen (secondary N) is 2. The van der Waals surface area contributed by atoms with E-state index in [1.807, 2.05) is 0 Å². The quantitative estimate of drug-likeness (QED) is 0.123. The van der Waals surface area contributed by atoms with Crippen LogP contribution in [0, 0.1) is 0 Å². The number of amides is 1. The summed E-state index contributed by atoms with van der Waals surface area (Å²) in [5, 5.41) is 68.6. The van der Waals surface area contributed by atoms with E-state index >= 15 is 0 Å². The SMILES string of the molecule is CO.NC1CC(NC(=O)C2(O)CC2N)CC(O)[C@@H]1O[C@@H]1CCCC(CNCCO)O1.OC1COC(O)C(O)C1. The highest BCUT2D eigenvalue weighted by Gasteiger charge is 2.57. The van der Waals surface area contributed by atoms with Crippen molar-refractivity contribution in [3.05, 3.63) is 0 Å². The molecule has 4 aliphatic rings. The largest absolute Gasteiger partial charge is 0.400 e. The lowest BCUT2D eigenvalue weighted by Crippen LogP contribution is -2.58. The maximum Gasteiger partial charge on any atom is 0.253 e. The molecule has 0 aromatic carbocycles. The third kappa shape index (κ3) is 10.4. The molecule has 11 atom stereocenters. The Morgan fingerprint density at radius 1 is 1.08 bits per heavy atom. The smallest absolute Gasteiger partial charge is 0.253 e. The van der Waals surface area contributed by atoms with E-state index in [9.17, 15) is 15.0 Å². The van der Waals surface area contributed by atoms with Gasteiger partial charge in [0.05, 0.1) is 31.5 Å². The van der Waals surface area contributed by atoms with E-state index in [2.05, 4.69) is 15.4 Å². The molecule has 4 fully saturated rings. The van der Waals surface area contributed by atoms with Gasteiger partial charge in [0.1, 0.15) is 12.2 Å². The highest BCUT2D eigenvalue weighted by molar-refractivity contribution is 5.89. The standard InChI is InChI=1S/C18H34N4O6.C5H10O4.CH4O/c19-12-6-10(22-17(25)18(26)8-14(18)20)7-13(24)16(12)28-15-3-1-2-11(27-15)9-21-4-5-23;6-3-1-4(7)5(8)9-2-3;1-2/h10-16,21,23-24,26H,1-9,19-20H2,(H,22,25);3-8H,1-2H2;2H,1H3/t10?,11?,12?,13?,14?,15-,16-,18?;;/m1../s1. The van der Waals surface area contributed by atoms with Crippen LogP contribution in [0.25, 0.3) is 0 Å². The first-order chi connectivity index (χ1) is 18.5. The Morgan fingerprint density at radius 3 is 2.33 bits per heavy atom. The summed E-state index contributed by atoms with van der Waals surface area (Å²) in [4.78, 5) is 12.1. The lowest BCUT2D eigenvalue weighted by molar-refractivity contribution is -0.237. The van der Waals surface area contributed by atoms with Crippen molar-refractivity contribution in [1.29, 1.82) is 0 Å². The van der Waals surface area contributed by atoms with Crippen LogP contribution in [0.3, 0.4) is 0 Å². The zero-order valence-electron chi connectivity index (χ0n) is 22.5. The predicted octanol–water partition coefficient (Wildman–Crippen LogP) is -4.67. The Balaban J connectivity index is 0.000000407. The summed E-state index contributed by atoms with van der Waals surface area (Å²) in [5.41, 5.74) is 10.3. The molecule has 15 heteroatoms. The van der Waals surface area contributed by atoms with Crippen LogP contribution in [-0.4, -0.2) is 142 Å². The molecule has 9 unspecified atom stereocenters. The summed E-state index contributed by atoms with van der Waals surface area (Å²) in [7, 11) is 1.00. The van der Waals surface area contributed by atoms with Gasteiger partial charge in [0, 0.05) is 51.2 Å². The van der Waals surface area contributed by atoms with E-state index in [-0.39, 0.29) is 38.2 Å². The first-order valence-electron chi connectivity index (χ1n) is 13.5. The molecule has 4 rings (SSSR count). The van der Waals surface area contributed by atoms with Gasteiger partial charge in [-0.3, -0.25) is 4.79 Å². The van der Waals surface area contributed by atoms with Crippen LogP contribution in [0.15, 0.2) is 0 Å². The lowest BCUT2D eigenvalue weighted by Gasteiger charge is -2.41. The second kappa shape index (κ2) is 16.4. The number of hydrogen-bond donors (Lipinski definition) is 11. The van der Waals surface area contributed by atoms with Crippen molar-refractivity contribution < 1.29 is 54.8 Å². The Kier molecular flexibility index (Phi) is 14.4. The molecule has 1 amide bonds. The molecule has 0 spiro atoms. The normalized spacial score (nSPS) is 41.8. The molecule has 2 saturated carbocycles. The first-order valence-corrected chi connectivity index (χ1v) is 13.5. The topological polar surface area (TPSA) is 262 Å². The third-order valence-electron chi connectivity index (χ3n) is 7.18. The fraction of sp³-hybridized carbons (Fsp3) is 0.958. The molecule has 13 N–H and O–H groups in total. The summed E-state index contributed by atoms with van der Waals surface area (Å²) in [6.07, 6.45) is -0.765. The average Bonchev–Trinajstić information content (AvgIpc) is 3.53. The van der Waals surface area contributed by atoms with E-state index in [4.69, 9.17) is 46.5 Å². The summed E-state index contributed by atoms with van der Waals surface area (Å²) in [5.74, 6) is -0.502. The maximum absolute atomic E-state index is 12.1.